The Balaban J connectivity index is 1.30. The number of H-pyrrole nitrogens is 1. The number of thiazole rings is 1. The molecule has 0 radical (unpaired) electrons. The number of carboxylic acids is 2. The van der Waals surface area contributed by atoms with Crippen molar-refractivity contribution in [1.82, 2.24) is 25.2 Å². The summed E-state index contributed by atoms with van der Waals surface area (Å²) in [7, 11) is 0. The summed E-state index contributed by atoms with van der Waals surface area (Å²) in [5.41, 5.74) is 3.51. The molecular weight excluding hydrogens is 724 g/mol. The molecule has 2 aliphatic rings. The number of aromatic amines is 1. The summed E-state index contributed by atoms with van der Waals surface area (Å²) in [5, 5.41) is 36.3. The van der Waals surface area contributed by atoms with Crippen LogP contribution in [0.15, 0.2) is 39.1 Å². The lowest BCUT2D eigenvalue weighted by Crippen LogP contribution is -2.71. The number of phenolic OH excluding ortho intramolecular Hbond substituents is 1. The van der Waals surface area contributed by atoms with Crippen molar-refractivity contribution in [3.8, 4) is 11.5 Å². The molecule has 260 valence electrons. The van der Waals surface area contributed by atoms with Crippen LogP contribution in [0.1, 0.15) is 19.5 Å². The molecule has 2 aromatic heterocycles. The molecule has 4 heterocycles. The average Bonchev–Trinajstić information content (AvgIpc) is 3.62. The second-order valence-corrected chi connectivity index (χ2v) is 13.5. The number of hydrogen-bond acceptors (Lipinski definition) is 15. The van der Waals surface area contributed by atoms with E-state index in [1.54, 1.807) is 0 Å². The molecule has 1 fully saturated rings. The number of nitrogens with one attached hydrogen (secondary N) is 2. The van der Waals surface area contributed by atoms with E-state index >= 15 is 0 Å². The largest absolute Gasteiger partial charge is 0.504 e. The van der Waals surface area contributed by atoms with Gasteiger partial charge in [0.15, 0.2) is 27.5 Å². The van der Waals surface area contributed by atoms with Gasteiger partial charge < -0.3 is 40.9 Å². The number of aromatic nitrogens is 3. The maximum absolute atomic E-state index is 13.3. The Morgan fingerprint density at radius 1 is 1.22 bits per heavy atom. The zero-order valence-corrected chi connectivity index (χ0v) is 27.2. The number of nitrogens with zero attached hydrogens (tertiary/aromatic N) is 4. The minimum Gasteiger partial charge on any atom is -0.504 e. The van der Waals surface area contributed by atoms with Gasteiger partial charge in [-0.05, 0) is 19.4 Å². The Bertz CT molecular complexity index is 1960. The summed E-state index contributed by atoms with van der Waals surface area (Å²) < 4.78 is 42.0. The van der Waals surface area contributed by atoms with Crippen molar-refractivity contribution in [3.63, 3.8) is 0 Å². The third-order valence-corrected chi connectivity index (χ3v) is 9.73. The van der Waals surface area contributed by atoms with Gasteiger partial charge >= 0.3 is 24.1 Å². The van der Waals surface area contributed by atoms with E-state index in [0.717, 1.165) is 51.9 Å². The molecule has 0 aliphatic carbocycles. The van der Waals surface area contributed by atoms with E-state index in [-0.39, 0.29) is 44.2 Å². The second kappa shape index (κ2) is 13.1. The highest BCUT2D eigenvalue weighted by Gasteiger charge is 2.54. The molecule has 2 atom stereocenters. The molecule has 49 heavy (non-hydrogen) atoms. The van der Waals surface area contributed by atoms with Crippen molar-refractivity contribution in [1.29, 1.82) is 0 Å². The predicted octanol–water partition coefficient (Wildman–Crippen LogP) is 1.89. The number of fused-ring (bicyclic) bond motifs is 2. The number of phenols is 1. The van der Waals surface area contributed by atoms with Crippen molar-refractivity contribution < 1.29 is 62.0 Å². The second-order valence-electron chi connectivity index (χ2n) is 10.6. The van der Waals surface area contributed by atoms with Gasteiger partial charge in [-0.3, -0.25) is 14.5 Å². The maximum atomic E-state index is 13.3. The van der Waals surface area contributed by atoms with Gasteiger partial charge in [-0.25, -0.2) is 24.4 Å². The normalized spacial score (nSPS) is 18.2. The topological polar surface area (TPSA) is 260 Å². The van der Waals surface area contributed by atoms with E-state index in [4.69, 9.17) is 10.6 Å². The summed E-state index contributed by atoms with van der Waals surface area (Å²) in [4.78, 5) is 78.5. The zero-order valence-electron chi connectivity index (χ0n) is 24.7. The van der Waals surface area contributed by atoms with Gasteiger partial charge in [0.25, 0.3) is 11.8 Å². The van der Waals surface area contributed by atoms with Gasteiger partial charge in [-0.2, -0.15) is 13.2 Å². The number of imidazole rings is 1. The van der Waals surface area contributed by atoms with E-state index < -0.39 is 70.1 Å². The number of nitrogen functional groups attached to an aromatic ring is 1. The fourth-order valence-corrected chi connectivity index (χ4v) is 7.19. The standard InChI is InChI=1S/C26H22F3N7O10S3/c1-25(2,21(42)43)46-35-14(11-7-48-23(30)31-11)17(38)34-15-18(39)36-16(20(40)41)8(5-47-19(15)36)6-49-24-32-9-3-12(37)13(4-10(9)33-24)45-22(44)26(27,28)29/h3-4,7,15,19,37H,5-6H2,1-2H3,(H2,30,31)(H,32,33)(H,34,38)(H,40,41)(H,42,43)/t15-,19+/m1/s1. The van der Waals surface area contributed by atoms with Crippen LogP contribution in [0, 0.1) is 0 Å². The number of benzene rings is 1. The van der Waals surface area contributed by atoms with Crippen LogP contribution >= 0.6 is 34.9 Å². The quantitative estimate of drug-likeness (QED) is 0.0409. The van der Waals surface area contributed by atoms with Crippen molar-refractivity contribution in [2.75, 3.05) is 17.2 Å². The lowest BCUT2D eigenvalue weighted by Gasteiger charge is -2.49. The molecule has 7 N–H and O–H groups in total. The summed E-state index contributed by atoms with van der Waals surface area (Å²) in [6, 6.07) is 0.725. The number of carbonyl (C=O) groups excluding carboxylic acids is 3. The summed E-state index contributed by atoms with van der Waals surface area (Å²) >= 11 is 3.11. The number of oxime groups is 1. The van der Waals surface area contributed by atoms with Crippen LogP contribution in [0.4, 0.5) is 18.3 Å². The molecule has 0 spiro atoms. The summed E-state index contributed by atoms with van der Waals surface area (Å²) in [6.45, 7) is 2.39. The van der Waals surface area contributed by atoms with Crippen molar-refractivity contribution in [2.24, 2.45) is 5.16 Å². The molecule has 23 heteroatoms. The van der Waals surface area contributed by atoms with Crippen LogP contribution in [0.25, 0.3) is 11.0 Å². The zero-order chi connectivity index (χ0) is 36.0. The minimum absolute atomic E-state index is 0.0113. The fraction of sp³-hybridized carbons (Fsp3) is 0.308. The number of rotatable bonds is 11. The number of hydrogen-bond donors (Lipinski definition) is 6. The van der Waals surface area contributed by atoms with E-state index in [1.807, 2.05) is 0 Å². The SMILES string of the molecule is CC(C)(ON=C(C(=O)N[C@@H]1C(=O)N2C(C(=O)O)=C(CSc3nc4cc(OC(=O)C(F)(F)F)c(O)cc4[nH]3)CS[C@@H]12)c1csc(N)n1)C(=O)O. The fourth-order valence-electron chi connectivity index (χ4n) is 4.27. The number of aromatic hydroxyl groups is 1. The number of esters is 1. The number of anilines is 1. The number of aliphatic carboxylic acids is 2. The predicted molar refractivity (Wildman–Crippen MR) is 166 cm³/mol. The highest BCUT2D eigenvalue weighted by atomic mass is 32.2. The number of carboxylic acid groups (broad SMARTS) is 2. The number of nitrogens with two attached hydrogens (primary N) is 1. The Labute approximate surface area is 283 Å². The van der Waals surface area contributed by atoms with Gasteiger partial charge in [-0.15, -0.1) is 23.1 Å². The molecule has 2 amide bonds. The highest BCUT2D eigenvalue weighted by Crippen LogP contribution is 2.42. The van der Waals surface area contributed by atoms with Crippen molar-refractivity contribution >= 4 is 86.5 Å². The summed E-state index contributed by atoms with van der Waals surface area (Å²) in [6.07, 6.45) is -5.30. The molecule has 0 bridgehead atoms. The molecule has 1 saturated heterocycles. The Morgan fingerprint density at radius 3 is 2.55 bits per heavy atom. The highest BCUT2D eigenvalue weighted by molar-refractivity contribution is 8.01. The van der Waals surface area contributed by atoms with Crippen LogP contribution < -0.4 is 15.8 Å². The average molecular weight is 746 g/mol. The molecule has 1 aromatic carbocycles. The van der Waals surface area contributed by atoms with Crippen LogP contribution in [0.2, 0.25) is 0 Å². The first kappa shape index (κ1) is 35.3. The van der Waals surface area contributed by atoms with E-state index in [1.165, 1.54) is 19.2 Å². The van der Waals surface area contributed by atoms with Crippen LogP contribution in [-0.2, 0) is 28.8 Å². The van der Waals surface area contributed by atoms with Gasteiger partial charge in [-0.1, -0.05) is 16.9 Å². The van der Waals surface area contributed by atoms with E-state index in [0.29, 0.717) is 5.57 Å². The van der Waals surface area contributed by atoms with Gasteiger partial charge in [0, 0.05) is 29.0 Å². The Kier molecular flexibility index (Phi) is 9.44. The first-order valence-corrected chi connectivity index (χ1v) is 16.3. The van der Waals surface area contributed by atoms with Gasteiger partial charge in [0.1, 0.15) is 22.8 Å². The molecule has 17 nitrogen and oxygen atoms in total. The molecule has 2 aliphatic heterocycles. The van der Waals surface area contributed by atoms with Crippen LogP contribution in [0.3, 0.4) is 0 Å². The first-order chi connectivity index (χ1) is 22.9. The lowest BCUT2D eigenvalue weighted by atomic mass is 10.0. The first-order valence-electron chi connectivity index (χ1n) is 13.4. The molecule has 0 saturated carbocycles. The monoisotopic (exact) mass is 745 g/mol. The number of thioether (sulfide) groups is 2. The lowest BCUT2D eigenvalue weighted by molar-refractivity contribution is -0.189. The number of β-lactam (4-membered cyclic amide) rings is 1. The number of halogens is 3. The number of ether oxygens (including phenoxy) is 1. The van der Waals surface area contributed by atoms with Gasteiger partial charge in [0.2, 0.25) is 5.60 Å². The number of amides is 2. The number of carbonyl (C=O) groups is 5. The molecule has 3 aromatic rings. The van der Waals surface area contributed by atoms with E-state index in [9.17, 15) is 52.5 Å². The van der Waals surface area contributed by atoms with Crippen molar-refractivity contribution in [3.05, 3.63) is 34.5 Å². The van der Waals surface area contributed by atoms with E-state index in [2.05, 4.69) is 30.2 Å². The third kappa shape index (κ3) is 7.22. The maximum Gasteiger partial charge on any atom is 0.491 e. The molecule has 5 rings (SSSR count). The smallest absolute Gasteiger partial charge is 0.491 e. The van der Waals surface area contributed by atoms with Gasteiger partial charge in [0.05, 0.1) is 11.0 Å². The van der Waals surface area contributed by atoms with Crippen molar-refractivity contribution in [2.45, 2.75) is 42.2 Å². The Hall–Kier alpha value is -5.03. The summed E-state index contributed by atoms with van der Waals surface area (Å²) in [5.74, 6) is -8.49. The van der Waals surface area contributed by atoms with Crippen LogP contribution in [0.5, 0.6) is 11.5 Å². The third-order valence-electron chi connectivity index (χ3n) is 6.75. The molecular formula is C26H22F3N7O10S3. The number of alkyl halides is 3. The van der Waals surface area contributed by atoms with Crippen LogP contribution in [-0.4, -0.2) is 105 Å². The Morgan fingerprint density at radius 2 is 1.94 bits per heavy atom. The molecule has 0 unspecified atom stereocenters. The minimum atomic E-state index is -5.30.